The summed E-state index contributed by atoms with van der Waals surface area (Å²) in [5.74, 6) is 0.0734. The van der Waals surface area contributed by atoms with E-state index in [1.54, 1.807) is 7.11 Å². The molecule has 1 fully saturated rings. The van der Waals surface area contributed by atoms with Crippen LogP contribution in [0.5, 0.6) is 0 Å². The van der Waals surface area contributed by atoms with Crippen LogP contribution in [-0.2, 0) is 14.3 Å². The Morgan fingerprint density at radius 2 is 1.80 bits per heavy atom. The Bertz CT molecular complexity index is 289. The van der Waals surface area contributed by atoms with Gasteiger partial charge < -0.3 is 20.3 Å². The van der Waals surface area contributed by atoms with Crippen molar-refractivity contribution in [2.24, 2.45) is 0 Å². The third kappa shape index (κ3) is 7.45. The maximum absolute atomic E-state index is 12.0. The van der Waals surface area contributed by atoms with E-state index in [1.807, 2.05) is 4.90 Å². The minimum atomic E-state index is -0.0789. The number of nitrogens with zero attached hydrogens (tertiary/aromatic N) is 1. The highest BCUT2D eigenvalue weighted by molar-refractivity contribution is 5.80. The van der Waals surface area contributed by atoms with E-state index in [-0.39, 0.29) is 18.4 Å². The van der Waals surface area contributed by atoms with E-state index < -0.39 is 0 Å². The van der Waals surface area contributed by atoms with E-state index in [0.29, 0.717) is 26.1 Å². The molecular weight excluding hydrogens is 258 g/mol. The van der Waals surface area contributed by atoms with Gasteiger partial charge in [-0.3, -0.25) is 9.59 Å². The summed E-state index contributed by atoms with van der Waals surface area (Å²) in [6, 6.07) is 0. The van der Waals surface area contributed by atoms with Gasteiger partial charge in [-0.25, -0.2) is 0 Å². The molecule has 0 aromatic carbocycles. The SMILES string of the molecule is COCCNCC(=O)NCCC(=O)N1CCCCCC1. The normalized spacial score (nSPS) is 15.8. The second-order valence-corrected chi connectivity index (χ2v) is 5.06. The van der Waals surface area contributed by atoms with Crippen molar-refractivity contribution in [1.82, 2.24) is 15.5 Å². The van der Waals surface area contributed by atoms with Crippen LogP contribution >= 0.6 is 0 Å². The summed E-state index contributed by atoms with van der Waals surface area (Å²) in [4.78, 5) is 25.4. The zero-order valence-corrected chi connectivity index (χ0v) is 12.5. The van der Waals surface area contributed by atoms with E-state index in [0.717, 1.165) is 25.9 Å². The van der Waals surface area contributed by atoms with Crippen molar-refractivity contribution in [1.29, 1.82) is 0 Å². The van der Waals surface area contributed by atoms with E-state index >= 15 is 0 Å². The molecule has 0 aliphatic carbocycles. The molecular formula is C14H27N3O3. The summed E-state index contributed by atoms with van der Waals surface area (Å²) in [5, 5.41) is 5.72. The quantitative estimate of drug-likeness (QED) is 0.622. The molecule has 1 heterocycles. The summed E-state index contributed by atoms with van der Waals surface area (Å²) in [7, 11) is 1.62. The largest absolute Gasteiger partial charge is 0.383 e. The lowest BCUT2D eigenvalue weighted by Crippen LogP contribution is -2.38. The fourth-order valence-electron chi connectivity index (χ4n) is 2.23. The average Bonchev–Trinajstić information content (AvgIpc) is 2.72. The third-order valence-corrected chi connectivity index (χ3v) is 3.39. The van der Waals surface area contributed by atoms with Crippen LogP contribution in [0.25, 0.3) is 0 Å². The fourth-order valence-corrected chi connectivity index (χ4v) is 2.23. The number of carbonyl (C=O) groups is 2. The molecule has 0 spiro atoms. The molecule has 2 amide bonds. The highest BCUT2D eigenvalue weighted by atomic mass is 16.5. The van der Waals surface area contributed by atoms with E-state index in [9.17, 15) is 9.59 Å². The van der Waals surface area contributed by atoms with Crippen LogP contribution in [0.3, 0.4) is 0 Å². The Morgan fingerprint density at radius 1 is 1.10 bits per heavy atom. The van der Waals surface area contributed by atoms with Gasteiger partial charge >= 0.3 is 0 Å². The Labute approximate surface area is 121 Å². The van der Waals surface area contributed by atoms with E-state index in [4.69, 9.17) is 4.74 Å². The third-order valence-electron chi connectivity index (χ3n) is 3.39. The van der Waals surface area contributed by atoms with Crippen molar-refractivity contribution in [3.63, 3.8) is 0 Å². The molecule has 116 valence electrons. The Kier molecular flexibility index (Phi) is 8.98. The lowest BCUT2D eigenvalue weighted by atomic mass is 10.2. The lowest BCUT2D eigenvalue weighted by Gasteiger charge is -2.20. The van der Waals surface area contributed by atoms with E-state index in [2.05, 4.69) is 10.6 Å². The summed E-state index contributed by atoms with van der Waals surface area (Å²) >= 11 is 0. The molecule has 2 N–H and O–H groups in total. The van der Waals surface area contributed by atoms with Crippen LogP contribution in [0, 0.1) is 0 Å². The van der Waals surface area contributed by atoms with Crippen molar-refractivity contribution in [2.45, 2.75) is 32.1 Å². The maximum atomic E-state index is 12.0. The standard InChI is InChI=1S/C14H27N3O3/c1-20-11-8-15-12-13(18)16-7-6-14(19)17-9-4-2-3-5-10-17/h15H,2-12H2,1H3,(H,16,18). The van der Waals surface area contributed by atoms with Crippen LogP contribution in [0.4, 0.5) is 0 Å². The zero-order chi connectivity index (χ0) is 14.6. The van der Waals surface area contributed by atoms with Crippen molar-refractivity contribution >= 4 is 11.8 Å². The van der Waals surface area contributed by atoms with Gasteiger partial charge in [0.15, 0.2) is 0 Å². The second-order valence-electron chi connectivity index (χ2n) is 5.06. The first-order chi connectivity index (χ1) is 9.74. The van der Waals surface area contributed by atoms with Crippen molar-refractivity contribution < 1.29 is 14.3 Å². The first kappa shape index (κ1) is 16.9. The van der Waals surface area contributed by atoms with E-state index in [1.165, 1.54) is 12.8 Å². The van der Waals surface area contributed by atoms with Crippen molar-refractivity contribution in [2.75, 3.05) is 46.4 Å². The van der Waals surface area contributed by atoms with Gasteiger partial charge in [-0.05, 0) is 12.8 Å². The number of likely N-dealkylation sites (tertiary alicyclic amines) is 1. The van der Waals surface area contributed by atoms with Gasteiger partial charge in [0.05, 0.1) is 13.2 Å². The number of ether oxygens (including phenoxy) is 1. The predicted molar refractivity (Wildman–Crippen MR) is 77.4 cm³/mol. The zero-order valence-electron chi connectivity index (χ0n) is 12.5. The number of amides is 2. The summed E-state index contributed by atoms with van der Waals surface area (Å²) < 4.78 is 4.87. The van der Waals surface area contributed by atoms with Gasteiger partial charge in [0.2, 0.25) is 11.8 Å². The summed E-state index contributed by atoms with van der Waals surface area (Å²) in [6.45, 7) is 3.65. The topological polar surface area (TPSA) is 70.7 Å². The molecule has 0 saturated carbocycles. The Hall–Kier alpha value is -1.14. The molecule has 0 radical (unpaired) electrons. The first-order valence-electron chi connectivity index (χ1n) is 7.48. The molecule has 20 heavy (non-hydrogen) atoms. The molecule has 6 heteroatoms. The molecule has 1 saturated heterocycles. The fraction of sp³-hybridized carbons (Fsp3) is 0.857. The number of hydrogen-bond acceptors (Lipinski definition) is 4. The average molecular weight is 285 g/mol. The second kappa shape index (κ2) is 10.6. The van der Waals surface area contributed by atoms with Gasteiger partial charge in [0, 0.05) is 39.7 Å². The summed E-state index contributed by atoms with van der Waals surface area (Å²) in [5.41, 5.74) is 0. The van der Waals surface area contributed by atoms with Gasteiger partial charge in [-0.2, -0.15) is 0 Å². The molecule has 0 aromatic heterocycles. The monoisotopic (exact) mass is 285 g/mol. The smallest absolute Gasteiger partial charge is 0.233 e. The van der Waals surface area contributed by atoms with Crippen LogP contribution in [-0.4, -0.2) is 63.2 Å². The van der Waals surface area contributed by atoms with Crippen LogP contribution in [0.15, 0.2) is 0 Å². The highest BCUT2D eigenvalue weighted by Crippen LogP contribution is 2.10. The predicted octanol–water partition coefficient (Wildman–Crippen LogP) is 0.131. The molecule has 0 atom stereocenters. The Morgan fingerprint density at radius 3 is 2.45 bits per heavy atom. The minimum absolute atomic E-state index is 0.0789. The number of methoxy groups -OCH3 is 1. The van der Waals surface area contributed by atoms with Gasteiger partial charge in [-0.15, -0.1) is 0 Å². The molecule has 1 aliphatic rings. The Balaban J connectivity index is 2.06. The number of rotatable bonds is 8. The van der Waals surface area contributed by atoms with Crippen molar-refractivity contribution in [3.05, 3.63) is 0 Å². The number of hydrogen-bond donors (Lipinski definition) is 2. The first-order valence-corrected chi connectivity index (χ1v) is 7.48. The highest BCUT2D eigenvalue weighted by Gasteiger charge is 2.15. The molecule has 0 bridgehead atoms. The van der Waals surface area contributed by atoms with Crippen LogP contribution in [0.2, 0.25) is 0 Å². The van der Waals surface area contributed by atoms with Gasteiger partial charge in [0.1, 0.15) is 0 Å². The number of carbonyl (C=O) groups excluding carboxylic acids is 2. The molecule has 6 nitrogen and oxygen atoms in total. The van der Waals surface area contributed by atoms with Gasteiger partial charge in [-0.1, -0.05) is 12.8 Å². The minimum Gasteiger partial charge on any atom is -0.383 e. The molecule has 1 rings (SSSR count). The molecule has 0 aromatic rings. The summed E-state index contributed by atoms with van der Waals surface area (Å²) in [6.07, 6.45) is 5.02. The lowest BCUT2D eigenvalue weighted by molar-refractivity contribution is -0.131. The number of nitrogens with one attached hydrogen (secondary N) is 2. The molecule has 0 unspecified atom stereocenters. The van der Waals surface area contributed by atoms with Crippen molar-refractivity contribution in [3.8, 4) is 0 Å². The van der Waals surface area contributed by atoms with Gasteiger partial charge in [0.25, 0.3) is 0 Å². The van der Waals surface area contributed by atoms with Crippen LogP contribution < -0.4 is 10.6 Å². The maximum Gasteiger partial charge on any atom is 0.233 e. The molecule has 1 aliphatic heterocycles. The van der Waals surface area contributed by atoms with Crippen LogP contribution in [0.1, 0.15) is 32.1 Å².